The van der Waals surface area contributed by atoms with Gasteiger partial charge in [0.25, 0.3) is 11.1 Å². The number of carbonyl (C=O) groups is 2. The van der Waals surface area contributed by atoms with E-state index in [1.54, 1.807) is 31.9 Å². The molecule has 0 aliphatic rings. The molecule has 0 fully saturated rings. The highest BCUT2D eigenvalue weighted by atomic mass is 32.2. The van der Waals surface area contributed by atoms with Crippen LogP contribution in [0.3, 0.4) is 0 Å². The van der Waals surface area contributed by atoms with Crippen LogP contribution in [-0.2, 0) is 5.75 Å². The van der Waals surface area contributed by atoms with E-state index < -0.39 is 0 Å². The van der Waals surface area contributed by atoms with E-state index in [1.165, 1.54) is 4.90 Å². The fourth-order valence-corrected chi connectivity index (χ4v) is 4.48. The lowest BCUT2D eigenvalue weighted by Gasteiger charge is -2.13. The van der Waals surface area contributed by atoms with E-state index in [0.29, 0.717) is 16.1 Å². The summed E-state index contributed by atoms with van der Waals surface area (Å²) in [4.78, 5) is 32.7. The Morgan fingerprint density at radius 2 is 1.75 bits per heavy atom. The number of benzene rings is 2. The highest BCUT2D eigenvalue weighted by molar-refractivity contribution is 8.13. The number of hydrogen-bond acceptors (Lipinski definition) is 5. The van der Waals surface area contributed by atoms with Crippen LogP contribution in [0.25, 0.3) is 5.65 Å². The molecule has 0 bridgehead atoms. The molecule has 6 nitrogen and oxygen atoms in total. The summed E-state index contributed by atoms with van der Waals surface area (Å²) in [5, 5.41) is 2.81. The Morgan fingerprint density at radius 1 is 1.00 bits per heavy atom. The molecule has 0 radical (unpaired) electrons. The van der Waals surface area contributed by atoms with Gasteiger partial charge in [0.2, 0.25) is 0 Å². The summed E-state index contributed by atoms with van der Waals surface area (Å²) in [6, 6.07) is 20.7. The average Bonchev–Trinajstić information content (AvgIpc) is 3.22. The fourth-order valence-electron chi connectivity index (χ4n) is 2.96. The number of rotatable bonds is 6. The normalized spacial score (nSPS) is 10.8. The van der Waals surface area contributed by atoms with E-state index in [-0.39, 0.29) is 11.1 Å². The molecule has 32 heavy (non-hydrogen) atoms. The Hall–Kier alpha value is -3.23. The first-order valence-corrected chi connectivity index (χ1v) is 11.7. The van der Waals surface area contributed by atoms with Crippen LogP contribution in [0.5, 0.6) is 0 Å². The lowest BCUT2D eigenvalue weighted by molar-refractivity contribution is 0.102. The predicted octanol–water partition coefficient (Wildman–Crippen LogP) is 5.65. The summed E-state index contributed by atoms with van der Waals surface area (Å²) in [7, 11) is 3.40. The molecule has 162 valence electrons. The highest BCUT2D eigenvalue weighted by Gasteiger charge is 2.13. The first-order valence-electron chi connectivity index (χ1n) is 9.94. The van der Waals surface area contributed by atoms with Crippen LogP contribution >= 0.6 is 23.5 Å². The Morgan fingerprint density at radius 3 is 2.50 bits per heavy atom. The fraction of sp³-hybridized carbons (Fsp3) is 0.125. The standard InChI is InChI=1S/C24H22N4O2S2/c1-27(2)24(30)32-21-8-4-3-7-20(21)26-23(29)17-10-12-19(13-11-17)31-16-18-15-28-14-6-5-9-22(28)25-18/h3-15H,16H2,1-2H3,(H,26,29). The molecule has 1 N–H and O–H groups in total. The van der Waals surface area contributed by atoms with Crippen molar-refractivity contribution in [1.82, 2.24) is 14.3 Å². The second-order valence-corrected chi connectivity index (χ2v) is 9.27. The van der Waals surface area contributed by atoms with Gasteiger partial charge in [0.1, 0.15) is 5.65 Å². The lowest BCUT2D eigenvalue weighted by Crippen LogP contribution is -2.17. The molecule has 0 unspecified atom stereocenters. The minimum absolute atomic E-state index is 0.0984. The van der Waals surface area contributed by atoms with Gasteiger partial charge in [0.05, 0.1) is 11.4 Å². The highest BCUT2D eigenvalue weighted by Crippen LogP contribution is 2.29. The monoisotopic (exact) mass is 462 g/mol. The molecule has 0 saturated carbocycles. The third kappa shape index (κ3) is 5.33. The number of imidazole rings is 1. The van der Waals surface area contributed by atoms with Crippen molar-refractivity contribution in [3.8, 4) is 0 Å². The number of para-hydroxylation sites is 1. The Balaban J connectivity index is 1.38. The molecule has 0 spiro atoms. The average molecular weight is 463 g/mol. The van der Waals surface area contributed by atoms with Crippen LogP contribution < -0.4 is 5.32 Å². The number of carbonyl (C=O) groups excluding carboxylic acids is 2. The van der Waals surface area contributed by atoms with Crippen molar-refractivity contribution < 1.29 is 9.59 Å². The summed E-state index contributed by atoms with van der Waals surface area (Å²) < 4.78 is 2.01. The summed E-state index contributed by atoms with van der Waals surface area (Å²) in [6.07, 6.45) is 4.01. The van der Waals surface area contributed by atoms with Crippen molar-refractivity contribution in [1.29, 1.82) is 0 Å². The second kappa shape index (κ2) is 9.93. The molecule has 2 aromatic heterocycles. The van der Waals surface area contributed by atoms with Crippen LogP contribution in [0.15, 0.2) is 88.9 Å². The number of amides is 2. The van der Waals surface area contributed by atoms with Gasteiger partial charge in [-0.25, -0.2) is 4.98 Å². The van der Waals surface area contributed by atoms with E-state index >= 15 is 0 Å². The molecule has 0 aliphatic heterocycles. The van der Waals surface area contributed by atoms with Gasteiger partial charge in [-0.1, -0.05) is 18.2 Å². The van der Waals surface area contributed by atoms with Gasteiger partial charge in [-0.15, -0.1) is 11.8 Å². The topological polar surface area (TPSA) is 66.7 Å². The Labute approximate surface area is 195 Å². The Kier molecular flexibility index (Phi) is 6.82. The lowest BCUT2D eigenvalue weighted by atomic mass is 10.2. The SMILES string of the molecule is CN(C)C(=O)Sc1ccccc1NC(=O)c1ccc(SCc2cn3ccccc3n2)cc1. The minimum Gasteiger partial charge on any atom is -0.339 e. The third-order valence-corrected chi connectivity index (χ3v) is 6.78. The van der Waals surface area contributed by atoms with Crippen molar-refractivity contribution in [2.24, 2.45) is 0 Å². The number of thioether (sulfide) groups is 2. The van der Waals surface area contributed by atoms with Gasteiger partial charge in [-0.3, -0.25) is 9.59 Å². The second-order valence-electron chi connectivity index (χ2n) is 7.22. The first-order chi connectivity index (χ1) is 15.5. The van der Waals surface area contributed by atoms with Gasteiger partial charge in [0.15, 0.2) is 0 Å². The van der Waals surface area contributed by atoms with Crippen molar-refractivity contribution in [2.45, 2.75) is 15.5 Å². The molecule has 0 aliphatic carbocycles. The first kappa shape index (κ1) is 22.0. The van der Waals surface area contributed by atoms with E-state index in [2.05, 4.69) is 10.3 Å². The molecule has 4 aromatic rings. The molecular formula is C24H22N4O2S2. The largest absolute Gasteiger partial charge is 0.339 e. The molecule has 2 amide bonds. The van der Waals surface area contributed by atoms with Crippen LogP contribution in [-0.4, -0.2) is 39.5 Å². The van der Waals surface area contributed by atoms with Crippen LogP contribution in [0, 0.1) is 0 Å². The van der Waals surface area contributed by atoms with Gasteiger partial charge >= 0.3 is 0 Å². The summed E-state index contributed by atoms with van der Waals surface area (Å²) in [6.45, 7) is 0. The zero-order chi connectivity index (χ0) is 22.5. The molecule has 2 aromatic carbocycles. The number of nitrogens with zero attached hydrogens (tertiary/aromatic N) is 3. The van der Waals surface area contributed by atoms with E-state index in [1.807, 2.05) is 77.5 Å². The zero-order valence-corrected chi connectivity index (χ0v) is 19.3. The van der Waals surface area contributed by atoms with Gasteiger partial charge in [-0.2, -0.15) is 0 Å². The summed E-state index contributed by atoms with van der Waals surface area (Å²) in [5.74, 6) is 0.532. The van der Waals surface area contributed by atoms with E-state index in [9.17, 15) is 9.59 Å². The van der Waals surface area contributed by atoms with Gasteiger partial charge in [0, 0.05) is 47.6 Å². The van der Waals surface area contributed by atoms with Crippen molar-refractivity contribution in [3.63, 3.8) is 0 Å². The molecule has 0 saturated heterocycles. The third-order valence-electron chi connectivity index (χ3n) is 4.61. The van der Waals surface area contributed by atoms with Crippen molar-refractivity contribution in [2.75, 3.05) is 19.4 Å². The van der Waals surface area contributed by atoms with Gasteiger partial charge in [-0.05, 0) is 60.3 Å². The predicted molar refractivity (Wildman–Crippen MR) is 131 cm³/mol. The number of anilines is 1. The van der Waals surface area contributed by atoms with Crippen molar-refractivity contribution >= 4 is 46.0 Å². The van der Waals surface area contributed by atoms with Crippen LogP contribution in [0.4, 0.5) is 10.5 Å². The van der Waals surface area contributed by atoms with Crippen molar-refractivity contribution in [3.05, 3.63) is 90.4 Å². The maximum atomic E-state index is 12.7. The molecular weight excluding hydrogens is 440 g/mol. The van der Waals surface area contributed by atoms with E-state index in [4.69, 9.17) is 0 Å². The smallest absolute Gasteiger partial charge is 0.286 e. The van der Waals surface area contributed by atoms with Crippen LogP contribution in [0.2, 0.25) is 0 Å². The zero-order valence-electron chi connectivity index (χ0n) is 17.7. The Bertz CT molecular complexity index is 1220. The maximum absolute atomic E-state index is 12.7. The molecule has 0 atom stereocenters. The molecule has 2 heterocycles. The minimum atomic E-state index is -0.216. The molecule has 4 rings (SSSR count). The van der Waals surface area contributed by atoms with Gasteiger partial charge < -0.3 is 14.6 Å². The molecule has 8 heteroatoms. The summed E-state index contributed by atoms with van der Waals surface area (Å²) in [5.41, 5.74) is 3.11. The number of pyridine rings is 1. The number of fused-ring (bicyclic) bond motifs is 1. The number of nitrogens with one attached hydrogen (secondary N) is 1. The quantitative estimate of drug-likeness (QED) is 0.375. The number of hydrogen-bond donors (Lipinski definition) is 1. The maximum Gasteiger partial charge on any atom is 0.286 e. The van der Waals surface area contributed by atoms with E-state index in [0.717, 1.165) is 33.8 Å². The summed E-state index contributed by atoms with van der Waals surface area (Å²) >= 11 is 2.76. The number of aromatic nitrogens is 2. The van der Waals surface area contributed by atoms with Crippen LogP contribution in [0.1, 0.15) is 16.1 Å².